The van der Waals surface area contributed by atoms with Crippen LogP contribution >= 0.6 is 0 Å². The first-order chi connectivity index (χ1) is 13.3. The van der Waals surface area contributed by atoms with E-state index < -0.39 is 36.3 Å². The van der Waals surface area contributed by atoms with Crippen molar-refractivity contribution in [2.45, 2.75) is 58.2 Å². The average molecular weight is 390 g/mol. The lowest BCUT2D eigenvalue weighted by atomic mass is 9.99. The van der Waals surface area contributed by atoms with Crippen LogP contribution in [0.5, 0.6) is 0 Å². The minimum Gasteiger partial charge on any atom is -0.388 e. The molecule has 0 spiro atoms. The van der Waals surface area contributed by atoms with Crippen molar-refractivity contribution < 1.29 is 24.4 Å². The smallest absolute Gasteiger partial charge is 0.123 e. The minimum atomic E-state index is -1.15. The number of allylic oxidation sites excluding steroid dienone is 1. The van der Waals surface area contributed by atoms with Gasteiger partial charge in [0.1, 0.15) is 36.6 Å². The summed E-state index contributed by atoms with van der Waals surface area (Å²) in [4.78, 5) is 8.19. The number of aryl methyl sites for hydroxylation is 2. The number of aromatic nitrogens is 2. The lowest BCUT2D eigenvalue weighted by Gasteiger charge is -2.21. The minimum absolute atomic E-state index is 0.401. The van der Waals surface area contributed by atoms with Crippen LogP contribution in [0.3, 0.4) is 0 Å². The summed E-state index contributed by atoms with van der Waals surface area (Å²) in [5.74, 6) is -0.401. The Hall–Kier alpha value is -2.19. The predicted molar refractivity (Wildman–Crippen MR) is 104 cm³/mol. The summed E-state index contributed by atoms with van der Waals surface area (Å²) in [7, 11) is 0. The van der Waals surface area contributed by atoms with E-state index in [1.165, 1.54) is 24.3 Å². The molecule has 0 radical (unpaired) electrons. The van der Waals surface area contributed by atoms with Gasteiger partial charge in [0.05, 0.1) is 6.10 Å². The maximum atomic E-state index is 12.7. The monoisotopic (exact) mass is 390 g/mol. The van der Waals surface area contributed by atoms with E-state index in [9.17, 15) is 19.7 Å². The van der Waals surface area contributed by atoms with Gasteiger partial charge in [-0.25, -0.2) is 14.4 Å². The molecule has 6 nitrogen and oxygen atoms in total. The second kappa shape index (κ2) is 9.84. The highest BCUT2D eigenvalue weighted by molar-refractivity contribution is 5.53. The maximum Gasteiger partial charge on any atom is 0.123 e. The van der Waals surface area contributed by atoms with Crippen molar-refractivity contribution in [3.05, 3.63) is 65.0 Å². The molecule has 5 atom stereocenters. The van der Waals surface area contributed by atoms with Crippen LogP contribution in [0.15, 0.2) is 36.7 Å². The van der Waals surface area contributed by atoms with Gasteiger partial charge in [-0.2, -0.15) is 0 Å². The summed E-state index contributed by atoms with van der Waals surface area (Å²) in [6.07, 6.45) is 0.932. The largest absolute Gasteiger partial charge is 0.388 e. The summed E-state index contributed by atoms with van der Waals surface area (Å²) in [5, 5.41) is 29.2. The van der Waals surface area contributed by atoms with Crippen LogP contribution in [0.4, 0.5) is 4.39 Å². The number of halogens is 1. The van der Waals surface area contributed by atoms with Crippen molar-refractivity contribution in [3.63, 3.8) is 0 Å². The molecular weight excluding hydrogens is 363 g/mol. The molecule has 2 aromatic rings. The Kier molecular flexibility index (Phi) is 7.77. The van der Waals surface area contributed by atoms with E-state index in [4.69, 9.17) is 4.74 Å². The van der Waals surface area contributed by atoms with Gasteiger partial charge in [-0.05, 0) is 45.4 Å². The van der Waals surface area contributed by atoms with Gasteiger partial charge >= 0.3 is 0 Å². The standard InChI is InChI=1S/C12H15FO4.C9H12N2/c1-6-9(14)11(16)12(17-6)10(15)7-2-4-8(13)5-3-7;1-4-5-9-7(2)10-6-11-8(9)3/h2-6,9-12,14-16H,1H3;4-6H,1-3H3/b;5-4-/t6-,9-,10+,11-,12+;/m0./s1. The molecule has 7 heteroatoms. The van der Waals surface area contributed by atoms with Crippen molar-refractivity contribution in [1.29, 1.82) is 0 Å². The molecule has 0 amide bonds. The van der Waals surface area contributed by atoms with Gasteiger partial charge in [-0.15, -0.1) is 0 Å². The highest BCUT2D eigenvalue weighted by Crippen LogP contribution is 2.30. The number of rotatable bonds is 3. The summed E-state index contributed by atoms with van der Waals surface area (Å²) >= 11 is 0. The average Bonchev–Trinajstić information content (AvgIpc) is 2.93. The van der Waals surface area contributed by atoms with E-state index >= 15 is 0 Å². The van der Waals surface area contributed by atoms with E-state index in [1.54, 1.807) is 13.3 Å². The van der Waals surface area contributed by atoms with Crippen molar-refractivity contribution in [2.75, 3.05) is 0 Å². The Morgan fingerprint density at radius 1 is 1.07 bits per heavy atom. The molecule has 3 rings (SSSR count). The molecule has 2 heterocycles. The maximum absolute atomic E-state index is 12.7. The molecular formula is C21H27FN2O4. The zero-order valence-electron chi connectivity index (χ0n) is 16.5. The number of aliphatic hydroxyl groups is 3. The Morgan fingerprint density at radius 3 is 2.11 bits per heavy atom. The summed E-state index contributed by atoms with van der Waals surface area (Å²) in [6.45, 7) is 7.59. The second-order valence-electron chi connectivity index (χ2n) is 6.74. The first-order valence-corrected chi connectivity index (χ1v) is 9.12. The van der Waals surface area contributed by atoms with Gasteiger partial charge in [0.15, 0.2) is 0 Å². The molecule has 1 aromatic carbocycles. The highest BCUT2D eigenvalue weighted by Gasteiger charge is 2.44. The molecule has 0 saturated carbocycles. The molecule has 0 aliphatic carbocycles. The molecule has 1 saturated heterocycles. The number of hydrogen-bond donors (Lipinski definition) is 3. The van der Waals surface area contributed by atoms with Gasteiger partial charge in [-0.1, -0.05) is 24.3 Å². The fraction of sp³-hybridized carbons (Fsp3) is 0.429. The fourth-order valence-corrected chi connectivity index (χ4v) is 3.00. The van der Waals surface area contributed by atoms with Crippen LogP contribution < -0.4 is 0 Å². The van der Waals surface area contributed by atoms with Gasteiger partial charge in [-0.3, -0.25) is 0 Å². The quantitative estimate of drug-likeness (QED) is 0.745. The van der Waals surface area contributed by atoms with Crippen molar-refractivity contribution >= 4 is 6.08 Å². The SMILES string of the molecule is C/C=C\c1c(C)ncnc1C.C[C@@H]1O[C@H]([C@H](O)c2ccc(F)cc2)[C@@H](O)[C@H]1O. The van der Waals surface area contributed by atoms with Crippen LogP contribution in [0.25, 0.3) is 6.08 Å². The molecule has 0 bridgehead atoms. The molecule has 0 unspecified atom stereocenters. The third kappa shape index (κ3) is 5.20. The first-order valence-electron chi connectivity index (χ1n) is 9.12. The van der Waals surface area contributed by atoms with Crippen LogP contribution in [-0.4, -0.2) is 49.7 Å². The zero-order chi connectivity index (χ0) is 20.8. The number of hydrogen-bond acceptors (Lipinski definition) is 6. The first kappa shape index (κ1) is 22.1. The lowest BCUT2D eigenvalue weighted by Crippen LogP contribution is -2.34. The number of benzene rings is 1. The van der Waals surface area contributed by atoms with E-state index in [-0.39, 0.29) is 0 Å². The Morgan fingerprint density at radius 2 is 1.64 bits per heavy atom. The lowest BCUT2D eigenvalue weighted by molar-refractivity contribution is -0.0635. The van der Waals surface area contributed by atoms with E-state index in [2.05, 4.69) is 9.97 Å². The van der Waals surface area contributed by atoms with Crippen molar-refractivity contribution in [3.8, 4) is 0 Å². The normalized spacial score (nSPS) is 25.4. The predicted octanol–water partition coefficient (Wildman–Crippen LogP) is 2.49. The van der Waals surface area contributed by atoms with Gasteiger partial charge < -0.3 is 20.1 Å². The van der Waals surface area contributed by atoms with Crippen molar-refractivity contribution in [1.82, 2.24) is 9.97 Å². The number of ether oxygens (including phenoxy) is 1. The van der Waals surface area contributed by atoms with Crippen molar-refractivity contribution in [2.24, 2.45) is 0 Å². The third-order valence-electron chi connectivity index (χ3n) is 4.68. The van der Waals surface area contributed by atoms with E-state index in [0.717, 1.165) is 17.0 Å². The van der Waals surface area contributed by atoms with Gasteiger partial charge in [0.2, 0.25) is 0 Å². The second-order valence-corrected chi connectivity index (χ2v) is 6.74. The number of nitrogens with zero attached hydrogens (tertiary/aromatic N) is 2. The molecule has 152 valence electrons. The molecule has 1 aliphatic heterocycles. The van der Waals surface area contributed by atoms with Crippen LogP contribution in [0, 0.1) is 19.7 Å². The van der Waals surface area contributed by atoms with Gasteiger partial charge in [0, 0.05) is 17.0 Å². The Labute approximate surface area is 164 Å². The van der Waals surface area contributed by atoms with Crippen LogP contribution in [0.1, 0.15) is 42.5 Å². The number of aliphatic hydroxyl groups excluding tert-OH is 3. The summed E-state index contributed by atoms with van der Waals surface area (Å²) in [5.41, 5.74) is 3.65. The Bertz CT molecular complexity index is 777. The molecule has 28 heavy (non-hydrogen) atoms. The zero-order valence-corrected chi connectivity index (χ0v) is 16.5. The molecule has 1 aliphatic rings. The fourth-order valence-electron chi connectivity index (χ4n) is 3.00. The topological polar surface area (TPSA) is 95.7 Å². The third-order valence-corrected chi connectivity index (χ3v) is 4.68. The highest BCUT2D eigenvalue weighted by atomic mass is 19.1. The molecule has 1 aromatic heterocycles. The summed E-state index contributed by atoms with van der Waals surface area (Å²) in [6, 6.07) is 5.29. The van der Waals surface area contributed by atoms with E-state index in [1.807, 2.05) is 32.9 Å². The van der Waals surface area contributed by atoms with Gasteiger partial charge in [0.25, 0.3) is 0 Å². The molecule has 3 N–H and O–H groups in total. The molecule has 1 fully saturated rings. The summed E-state index contributed by atoms with van der Waals surface area (Å²) < 4.78 is 18.0. The van der Waals surface area contributed by atoms with Crippen LogP contribution in [0.2, 0.25) is 0 Å². The van der Waals surface area contributed by atoms with E-state index in [0.29, 0.717) is 5.56 Å². The van der Waals surface area contributed by atoms with Crippen LogP contribution in [-0.2, 0) is 4.74 Å². The Balaban J connectivity index is 0.000000221.